The monoisotopic (exact) mass is 588 g/mol. The number of urea groups is 1. The molecule has 0 aromatic carbocycles. The molecule has 7 rings (SSSR count). The molecule has 2 aliphatic heterocycles. The molecule has 0 radical (unpaired) electrons. The molecule has 2 N–H and O–H groups in total. The number of fused-ring (bicyclic) bond motifs is 4. The van der Waals surface area contributed by atoms with Crippen LogP contribution in [0.5, 0.6) is 5.88 Å². The van der Waals surface area contributed by atoms with Crippen molar-refractivity contribution in [3.63, 3.8) is 0 Å². The molecule has 4 aliphatic rings. The number of nitriles is 1. The third-order valence-electron chi connectivity index (χ3n) is 9.68. The summed E-state index contributed by atoms with van der Waals surface area (Å²) in [6.07, 6.45) is 7.48. The van der Waals surface area contributed by atoms with Gasteiger partial charge in [0.15, 0.2) is 17.3 Å². The maximum absolute atomic E-state index is 13.0. The number of nitrogens with two attached hydrogens (primary N) is 1. The lowest BCUT2D eigenvalue weighted by Gasteiger charge is -2.39. The number of rotatable bonds is 5. The van der Waals surface area contributed by atoms with E-state index < -0.39 is 5.41 Å². The number of amides is 2. The Morgan fingerprint density at radius 3 is 2.71 bits per heavy atom. The lowest BCUT2D eigenvalue weighted by molar-refractivity contribution is 0.117. The topological polar surface area (TPSA) is 138 Å². The first-order valence-corrected chi connectivity index (χ1v) is 15.7. The first-order chi connectivity index (χ1) is 20.3. The van der Waals surface area contributed by atoms with Gasteiger partial charge in [-0.3, -0.25) is 9.80 Å². The molecule has 0 saturated carbocycles. The smallest absolute Gasteiger partial charge is 0.325 e. The molecule has 2 amide bonds. The van der Waals surface area contributed by atoms with Crippen LogP contribution in [0, 0.1) is 11.3 Å². The van der Waals surface area contributed by atoms with Crippen LogP contribution in [0.1, 0.15) is 72.8 Å². The lowest BCUT2D eigenvalue weighted by Crippen LogP contribution is -2.38. The summed E-state index contributed by atoms with van der Waals surface area (Å²) in [6.45, 7) is 4.27. The number of hydrogen-bond acceptors (Lipinski definition) is 10. The van der Waals surface area contributed by atoms with E-state index in [2.05, 4.69) is 30.1 Å². The predicted octanol–water partition coefficient (Wildman–Crippen LogP) is 4.34. The van der Waals surface area contributed by atoms with Crippen LogP contribution < -0.4 is 15.4 Å². The fraction of sp³-hybridized carbons (Fsp3) is 0.567. The largest absolute Gasteiger partial charge is 0.473 e. The van der Waals surface area contributed by atoms with Gasteiger partial charge in [0.05, 0.1) is 11.0 Å². The first kappa shape index (κ1) is 27.2. The second kappa shape index (κ2) is 10.2. The fourth-order valence-corrected chi connectivity index (χ4v) is 8.75. The van der Waals surface area contributed by atoms with Gasteiger partial charge in [-0.05, 0) is 77.4 Å². The average molecular weight is 589 g/mol. The minimum absolute atomic E-state index is 0.0892. The van der Waals surface area contributed by atoms with Gasteiger partial charge in [0.25, 0.3) is 0 Å². The van der Waals surface area contributed by atoms with Gasteiger partial charge in [-0.1, -0.05) is 5.16 Å². The molecule has 12 heteroatoms. The number of anilines is 2. The van der Waals surface area contributed by atoms with Crippen molar-refractivity contribution in [3.05, 3.63) is 33.4 Å². The SMILES string of the molecule is C[C@H](Oc1cc(N2CCN(C)C2=O)nc(-c2noc3c2CCC[C@@]32CCCc3sc(N)c(C#N)c32)n1)[C@@H]1CCCN1C. The number of likely N-dealkylation sites (tertiary alicyclic amines) is 1. The van der Waals surface area contributed by atoms with Gasteiger partial charge in [-0.15, -0.1) is 11.3 Å². The van der Waals surface area contributed by atoms with E-state index in [4.69, 9.17) is 25.0 Å². The molecule has 3 aromatic rings. The van der Waals surface area contributed by atoms with E-state index in [9.17, 15) is 10.1 Å². The van der Waals surface area contributed by atoms with Crippen molar-refractivity contribution in [2.75, 3.05) is 44.4 Å². The van der Waals surface area contributed by atoms with Crippen molar-refractivity contribution in [2.45, 2.75) is 75.9 Å². The third kappa shape index (κ3) is 4.16. The van der Waals surface area contributed by atoms with Gasteiger partial charge in [-0.25, -0.2) is 9.78 Å². The van der Waals surface area contributed by atoms with Crippen LogP contribution in [0.2, 0.25) is 0 Å². The second-order valence-electron chi connectivity index (χ2n) is 12.1. The minimum Gasteiger partial charge on any atom is -0.473 e. The average Bonchev–Trinajstić information content (AvgIpc) is 3.75. The fourth-order valence-electron chi connectivity index (χ4n) is 7.59. The number of thiophene rings is 1. The number of nitrogens with zero attached hydrogens (tertiary/aromatic N) is 7. The van der Waals surface area contributed by atoms with E-state index in [1.165, 1.54) is 16.2 Å². The Balaban J connectivity index is 1.32. The number of carbonyl (C=O) groups excluding carboxylic acids is 1. The molecular weight excluding hydrogens is 552 g/mol. The number of ether oxygens (including phenoxy) is 1. The van der Waals surface area contributed by atoms with Crippen molar-refractivity contribution < 1.29 is 14.1 Å². The molecule has 11 nitrogen and oxygen atoms in total. The zero-order valence-electron chi connectivity index (χ0n) is 24.4. The van der Waals surface area contributed by atoms with E-state index in [1.807, 2.05) is 0 Å². The van der Waals surface area contributed by atoms with Crippen LogP contribution in [0.25, 0.3) is 11.5 Å². The second-order valence-corrected chi connectivity index (χ2v) is 13.3. The van der Waals surface area contributed by atoms with Gasteiger partial charge < -0.3 is 19.9 Å². The molecule has 3 aromatic heterocycles. The van der Waals surface area contributed by atoms with Crippen LogP contribution in [-0.4, -0.2) is 76.8 Å². The summed E-state index contributed by atoms with van der Waals surface area (Å²) in [5.74, 6) is 2.11. The Bertz CT molecular complexity index is 1590. The highest BCUT2D eigenvalue weighted by atomic mass is 32.1. The summed E-state index contributed by atoms with van der Waals surface area (Å²) >= 11 is 1.53. The summed E-state index contributed by atoms with van der Waals surface area (Å²) in [5, 5.41) is 15.2. The van der Waals surface area contributed by atoms with Crippen LogP contribution in [0.4, 0.5) is 15.6 Å². The molecule has 0 unspecified atom stereocenters. The number of hydrogen-bond donors (Lipinski definition) is 1. The van der Waals surface area contributed by atoms with Gasteiger partial charge in [-0.2, -0.15) is 10.2 Å². The summed E-state index contributed by atoms with van der Waals surface area (Å²) in [6, 6.07) is 4.33. The maximum Gasteiger partial charge on any atom is 0.325 e. The number of aryl methyl sites for hydroxylation is 1. The molecule has 2 saturated heterocycles. The van der Waals surface area contributed by atoms with Crippen LogP contribution in [0.3, 0.4) is 0 Å². The molecule has 3 atom stereocenters. The molecule has 5 heterocycles. The normalized spacial score (nSPS) is 24.6. The molecular formula is C30H36N8O3S. The van der Waals surface area contributed by atoms with Crippen LogP contribution >= 0.6 is 11.3 Å². The highest BCUT2D eigenvalue weighted by Crippen LogP contribution is 2.55. The number of carbonyl (C=O) groups is 1. The summed E-state index contributed by atoms with van der Waals surface area (Å²) in [5.41, 5.74) is 9.05. The zero-order chi connectivity index (χ0) is 29.2. The van der Waals surface area contributed by atoms with Gasteiger partial charge in [0.1, 0.15) is 23.0 Å². The standard InChI is InChI=1S/C30H36N8O3S/c1-17(20-8-6-12-36(20)2)40-23-15-22(38-14-13-37(3)29(38)39)33-28(34-23)25-18-7-4-10-30(26(18)41-35-25)11-5-9-21-24(30)19(16-31)27(32)42-21/h15,17,20H,4-14,32H2,1-3H3/t17-,20-,30-/m0/s1. The van der Waals surface area contributed by atoms with E-state index in [1.54, 1.807) is 22.9 Å². The van der Waals surface area contributed by atoms with Gasteiger partial charge in [0.2, 0.25) is 5.88 Å². The number of nitrogen functional groups attached to an aromatic ring is 1. The van der Waals surface area contributed by atoms with Crippen molar-refractivity contribution in [3.8, 4) is 23.5 Å². The van der Waals surface area contributed by atoms with Gasteiger partial charge in [0, 0.05) is 42.7 Å². The Labute approximate surface area is 249 Å². The van der Waals surface area contributed by atoms with E-state index in [0.29, 0.717) is 52.9 Å². The summed E-state index contributed by atoms with van der Waals surface area (Å²) < 4.78 is 12.7. The summed E-state index contributed by atoms with van der Waals surface area (Å²) in [7, 11) is 3.92. The maximum atomic E-state index is 13.0. The molecule has 0 bridgehead atoms. The summed E-state index contributed by atoms with van der Waals surface area (Å²) in [4.78, 5) is 29.6. The van der Waals surface area contributed by atoms with E-state index in [-0.39, 0.29) is 12.1 Å². The van der Waals surface area contributed by atoms with Crippen molar-refractivity contribution in [1.29, 1.82) is 5.26 Å². The van der Waals surface area contributed by atoms with Gasteiger partial charge >= 0.3 is 6.03 Å². The lowest BCUT2D eigenvalue weighted by atomic mass is 9.63. The van der Waals surface area contributed by atoms with Crippen molar-refractivity contribution in [2.24, 2.45) is 0 Å². The molecule has 220 valence electrons. The number of likely N-dealkylation sites (N-methyl/N-ethyl adjacent to an activating group) is 2. The van der Waals surface area contributed by atoms with Crippen LogP contribution in [-0.2, 0) is 18.3 Å². The number of aromatic nitrogens is 3. The Kier molecular flexibility index (Phi) is 6.62. The van der Waals surface area contributed by atoms with E-state index >= 15 is 0 Å². The Hall–Kier alpha value is -3.69. The van der Waals surface area contributed by atoms with Crippen LogP contribution in [0.15, 0.2) is 10.6 Å². The van der Waals surface area contributed by atoms with Crippen molar-refractivity contribution >= 4 is 28.2 Å². The van der Waals surface area contributed by atoms with E-state index in [0.717, 1.165) is 74.8 Å². The predicted molar refractivity (Wildman–Crippen MR) is 159 cm³/mol. The Morgan fingerprint density at radius 1 is 1.19 bits per heavy atom. The third-order valence-corrected chi connectivity index (χ3v) is 10.8. The first-order valence-electron chi connectivity index (χ1n) is 14.9. The highest BCUT2D eigenvalue weighted by Gasteiger charge is 2.49. The quantitative estimate of drug-likeness (QED) is 0.461. The molecule has 42 heavy (non-hydrogen) atoms. The molecule has 2 aliphatic carbocycles. The highest BCUT2D eigenvalue weighted by molar-refractivity contribution is 7.16. The Morgan fingerprint density at radius 2 is 2.00 bits per heavy atom. The zero-order valence-corrected chi connectivity index (χ0v) is 25.2. The molecule has 1 spiro atoms. The minimum atomic E-state index is -0.433. The molecule has 2 fully saturated rings. The van der Waals surface area contributed by atoms with Crippen molar-refractivity contribution in [1.82, 2.24) is 24.9 Å².